The van der Waals surface area contributed by atoms with E-state index in [0.717, 1.165) is 0 Å². The number of benzene rings is 2. The van der Waals surface area contributed by atoms with Crippen molar-refractivity contribution in [3.05, 3.63) is 59.9 Å². The summed E-state index contributed by atoms with van der Waals surface area (Å²) in [6.45, 7) is 1.75. The molecular formula is C19H19FN2O4. The van der Waals surface area contributed by atoms with Crippen LogP contribution in [0.25, 0.3) is 0 Å². The van der Waals surface area contributed by atoms with Crippen LogP contribution in [0.4, 0.5) is 10.1 Å². The van der Waals surface area contributed by atoms with Gasteiger partial charge < -0.3 is 19.7 Å². The number of hydrogen-bond donors (Lipinski definition) is 1. The van der Waals surface area contributed by atoms with Gasteiger partial charge in [0.1, 0.15) is 11.6 Å². The van der Waals surface area contributed by atoms with Gasteiger partial charge in [0.2, 0.25) is 0 Å². The van der Waals surface area contributed by atoms with E-state index in [-0.39, 0.29) is 18.3 Å². The topological polar surface area (TPSA) is 67.9 Å². The second kappa shape index (κ2) is 8.44. The second-order valence-electron chi connectivity index (χ2n) is 5.74. The van der Waals surface area contributed by atoms with E-state index in [1.165, 1.54) is 18.2 Å². The maximum Gasteiger partial charge on any atom is 0.262 e. The van der Waals surface area contributed by atoms with Crippen molar-refractivity contribution in [2.75, 3.05) is 38.2 Å². The van der Waals surface area contributed by atoms with Crippen molar-refractivity contribution in [1.82, 2.24) is 4.90 Å². The smallest absolute Gasteiger partial charge is 0.262 e. The van der Waals surface area contributed by atoms with Crippen molar-refractivity contribution in [3.63, 3.8) is 0 Å². The Morgan fingerprint density at radius 1 is 1.12 bits per heavy atom. The molecule has 0 spiro atoms. The van der Waals surface area contributed by atoms with Crippen LogP contribution in [0.15, 0.2) is 48.5 Å². The van der Waals surface area contributed by atoms with E-state index in [0.29, 0.717) is 37.6 Å². The molecule has 0 atom stereocenters. The fourth-order valence-corrected chi connectivity index (χ4v) is 2.61. The zero-order chi connectivity index (χ0) is 18.4. The lowest BCUT2D eigenvalue weighted by Gasteiger charge is -2.27. The van der Waals surface area contributed by atoms with Gasteiger partial charge in [-0.1, -0.05) is 18.2 Å². The quantitative estimate of drug-likeness (QED) is 0.891. The molecule has 1 aliphatic heterocycles. The molecule has 3 rings (SSSR count). The van der Waals surface area contributed by atoms with Gasteiger partial charge in [-0.05, 0) is 24.3 Å². The average molecular weight is 358 g/mol. The minimum Gasteiger partial charge on any atom is -0.484 e. The molecule has 1 fully saturated rings. The molecule has 7 heteroatoms. The first-order chi connectivity index (χ1) is 12.6. The Balaban J connectivity index is 1.63. The maximum absolute atomic E-state index is 13.1. The zero-order valence-electron chi connectivity index (χ0n) is 14.1. The molecule has 1 heterocycles. The number of carbonyl (C=O) groups is 2. The zero-order valence-corrected chi connectivity index (χ0v) is 14.1. The molecule has 0 radical (unpaired) electrons. The predicted molar refractivity (Wildman–Crippen MR) is 93.7 cm³/mol. The third-order valence-corrected chi connectivity index (χ3v) is 3.90. The summed E-state index contributed by atoms with van der Waals surface area (Å²) in [5.41, 5.74) is 0.824. The number of ether oxygens (including phenoxy) is 2. The van der Waals surface area contributed by atoms with Crippen molar-refractivity contribution in [2.45, 2.75) is 0 Å². The summed E-state index contributed by atoms with van der Waals surface area (Å²) in [6, 6.07) is 12.4. The van der Waals surface area contributed by atoms with E-state index >= 15 is 0 Å². The van der Waals surface area contributed by atoms with Crippen LogP contribution in [-0.2, 0) is 9.53 Å². The summed E-state index contributed by atoms with van der Waals surface area (Å²) >= 11 is 0. The molecule has 1 N–H and O–H groups in total. The molecule has 6 nitrogen and oxygen atoms in total. The van der Waals surface area contributed by atoms with Gasteiger partial charge in [-0.15, -0.1) is 0 Å². The van der Waals surface area contributed by atoms with Gasteiger partial charge in [0.15, 0.2) is 6.61 Å². The Kier molecular flexibility index (Phi) is 5.80. The monoisotopic (exact) mass is 358 g/mol. The van der Waals surface area contributed by atoms with Crippen LogP contribution in [0.3, 0.4) is 0 Å². The highest BCUT2D eigenvalue weighted by Crippen LogP contribution is 2.18. The molecule has 1 saturated heterocycles. The van der Waals surface area contributed by atoms with E-state index in [9.17, 15) is 14.0 Å². The summed E-state index contributed by atoms with van der Waals surface area (Å²) in [4.78, 5) is 26.5. The summed E-state index contributed by atoms with van der Waals surface area (Å²) in [7, 11) is 0. The van der Waals surface area contributed by atoms with Crippen LogP contribution >= 0.6 is 0 Å². The molecule has 0 aliphatic carbocycles. The van der Waals surface area contributed by atoms with Crippen LogP contribution in [0, 0.1) is 5.82 Å². The number of para-hydroxylation sites is 1. The third-order valence-electron chi connectivity index (χ3n) is 3.90. The number of carbonyl (C=O) groups excluding carboxylic acids is 2. The molecule has 1 aliphatic rings. The first-order valence-electron chi connectivity index (χ1n) is 8.28. The normalized spacial score (nSPS) is 14.0. The van der Waals surface area contributed by atoms with E-state index in [2.05, 4.69) is 5.32 Å². The van der Waals surface area contributed by atoms with Gasteiger partial charge in [-0.3, -0.25) is 9.59 Å². The van der Waals surface area contributed by atoms with Crippen LogP contribution in [0.2, 0.25) is 0 Å². The SMILES string of the molecule is O=C(COc1cccc(F)c1)Nc1ccccc1C(=O)N1CCOCC1. The van der Waals surface area contributed by atoms with E-state index in [1.807, 2.05) is 0 Å². The fraction of sp³-hybridized carbons (Fsp3) is 0.263. The van der Waals surface area contributed by atoms with E-state index in [4.69, 9.17) is 9.47 Å². The second-order valence-corrected chi connectivity index (χ2v) is 5.74. The van der Waals surface area contributed by atoms with E-state index in [1.54, 1.807) is 35.2 Å². The highest BCUT2D eigenvalue weighted by molar-refractivity contribution is 6.04. The Morgan fingerprint density at radius 2 is 1.88 bits per heavy atom. The number of nitrogens with one attached hydrogen (secondary N) is 1. The Morgan fingerprint density at radius 3 is 2.65 bits per heavy atom. The minimum atomic E-state index is -0.440. The van der Waals surface area contributed by atoms with Crippen LogP contribution < -0.4 is 10.1 Å². The van der Waals surface area contributed by atoms with Gasteiger partial charge >= 0.3 is 0 Å². The first-order valence-corrected chi connectivity index (χ1v) is 8.28. The minimum absolute atomic E-state index is 0.157. The van der Waals surface area contributed by atoms with Gasteiger partial charge in [0.25, 0.3) is 11.8 Å². The number of halogens is 1. The largest absolute Gasteiger partial charge is 0.484 e. The van der Waals surface area contributed by atoms with Crippen LogP contribution in [-0.4, -0.2) is 49.6 Å². The van der Waals surface area contributed by atoms with Gasteiger partial charge in [-0.25, -0.2) is 4.39 Å². The number of nitrogens with zero attached hydrogens (tertiary/aromatic N) is 1. The van der Waals surface area contributed by atoms with Crippen molar-refractivity contribution in [1.29, 1.82) is 0 Å². The summed E-state index contributed by atoms with van der Waals surface area (Å²) in [6.07, 6.45) is 0. The molecule has 0 bridgehead atoms. The molecular weight excluding hydrogens is 339 g/mol. The molecule has 0 saturated carbocycles. The van der Waals surface area contributed by atoms with E-state index < -0.39 is 11.7 Å². The average Bonchev–Trinajstić information content (AvgIpc) is 2.67. The van der Waals surface area contributed by atoms with Gasteiger partial charge in [0, 0.05) is 19.2 Å². The molecule has 2 aromatic rings. The lowest BCUT2D eigenvalue weighted by molar-refractivity contribution is -0.118. The lowest BCUT2D eigenvalue weighted by atomic mass is 10.1. The van der Waals surface area contributed by atoms with Crippen molar-refractivity contribution in [2.24, 2.45) is 0 Å². The fourth-order valence-electron chi connectivity index (χ4n) is 2.61. The lowest BCUT2D eigenvalue weighted by Crippen LogP contribution is -2.41. The first kappa shape index (κ1) is 17.9. The van der Waals surface area contributed by atoms with Crippen LogP contribution in [0.1, 0.15) is 10.4 Å². The number of rotatable bonds is 5. The summed E-state index contributed by atoms with van der Waals surface area (Å²) in [5.74, 6) is -0.770. The molecule has 2 aromatic carbocycles. The van der Waals surface area contributed by atoms with Crippen molar-refractivity contribution < 1.29 is 23.5 Å². The molecule has 136 valence electrons. The van der Waals surface area contributed by atoms with Crippen molar-refractivity contribution in [3.8, 4) is 5.75 Å². The third kappa shape index (κ3) is 4.58. The number of hydrogen-bond acceptors (Lipinski definition) is 4. The molecule has 0 unspecified atom stereocenters. The maximum atomic E-state index is 13.1. The Labute approximate surface area is 150 Å². The molecule has 26 heavy (non-hydrogen) atoms. The van der Waals surface area contributed by atoms with Crippen LogP contribution in [0.5, 0.6) is 5.75 Å². The summed E-state index contributed by atoms with van der Waals surface area (Å²) < 4.78 is 23.7. The van der Waals surface area contributed by atoms with Gasteiger partial charge in [-0.2, -0.15) is 0 Å². The predicted octanol–water partition coefficient (Wildman–Crippen LogP) is 2.32. The van der Waals surface area contributed by atoms with Gasteiger partial charge in [0.05, 0.1) is 24.5 Å². The number of amides is 2. The highest BCUT2D eigenvalue weighted by atomic mass is 19.1. The number of anilines is 1. The summed E-state index contributed by atoms with van der Waals surface area (Å²) in [5, 5.41) is 2.68. The molecule has 2 amide bonds. The van der Waals surface area contributed by atoms with Crippen molar-refractivity contribution >= 4 is 17.5 Å². The molecule has 0 aromatic heterocycles. The Hall–Kier alpha value is -2.93. The number of morpholine rings is 1. The standard InChI is InChI=1S/C19H19FN2O4/c20-14-4-3-5-15(12-14)26-13-18(23)21-17-7-2-1-6-16(17)19(24)22-8-10-25-11-9-22/h1-7,12H,8-11,13H2,(H,21,23). The Bertz CT molecular complexity index is 791. The highest BCUT2D eigenvalue weighted by Gasteiger charge is 2.21.